The Labute approximate surface area is 100 Å². The molecule has 0 spiro atoms. The summed E-state index contributed by atoms with van der Waals surface area (Å²) in [4.78, 5) is 11.6. The van der Waals surface area contributed by atoms with E-state index in [-0.39, 0.29) is 12.5 Å². The van der Waals surface area contributed by atoms with E-state index in [4.69, 9.17) is 10.0 Å². The fourth-order valence-electron chi connectivity index (χ4n) is 1.21. The Kier molecular flexibility index (Phi) is 4.28. The summed E-state index contributed by atoms with van der Waals surface area (Å²) in [5.41, 5.74) is -0.237. The van der Waals surface area contributed by atoms with Crippen molar-refractivity contribution in [1.29, 1.82) is 0 Å². The molecule has 0 atom stereocenters. The third-order valence-electron chi connectivity index (χ3n) is 2.15. The van der Waals surface area contributed by atoms with Gasteiger partial charge in [0.25, 0.3) is 5.91 Å². The molecule has 0 radical (unpaired) electrons. The van der Waals surface area contributed by atoms with Crippen LogP contribution in [0.5, 0.6) is 0 Å². The standard InChI is InChI=1S/C11H16BNO4/c1-11(2,15)7-13-10(14)8-3-5-9(6-4-8)12(16)17/h3-6,15-17H,7H2,1-2H3,(H,13,14). The number of carbonyl (C=O) groups excluding carboxylic acids is 1. The van der Waals surface area contributed by atoms with Crippen LogP contribution in [0.2, 0.25) is 0 Å². The highest BCUT2D eigenvalue weighted by molar-refractivity contribution is 6.58. The summed E-state index contributed by atoms with van der Waals surface area (Å²) < 4.78 is 0. The smallest absolute Gasteiger partial charge is 0.423 e. The highest BCUT2D eigenvalue weighted by atomic mass is 16.4. The van der Waals surface area contributed by atoms with E-state index in [2.05, 4.69) is 5.32 Å². The Balaban J connectivity index is 2.64. The zero-order valence-corrected chi connectivity index (χ0v) is 9.84. The number of amides is 1. The van der Waals surface area contributed by atoms with Crippen LogP contribution in [0, 0.1) is 0 Å². The van der Waals surface area contributed by atoms with E-state index in [1.807, 2.05) is 0 Å². The van der Waals surface area contributed by atoms with Gasteiger partial charge in [0.05, 0.1) is 5.60 Å². The summed E-state index contributed by atoms with van der Waals surface area (Å²) in [6, 6.07) is 5.91. The lowest BCUT2D eigenvalue weighted by atomic mass is 9.80. The highest BCUT2D eigenvalue weighted by Gasteiger charge is 2.15. The molecule has 1 rings (SSSR count). The second-order valence-corrected chi connectivity index (χ2v) is 4.49. The lowest BCUT2D eigenvalue weighted by Gasteiger charge is -2.17. The van der Waals surface area contributed by atoms with Crippen molar-refractivity contribution in [2.45, 2.75) is 19.4 Å². The van der Waals surface area contributed by atoms with Crippen molar-refractivity contribution in [2.75, 3.05) is 6.54 Å². The van der Waals surface area contributed by atoms with E-state index in [1.165, 1.54) is 24.3 Å². The number of benzene rings is 1. The van der Waals surface area contributed by atoms with Gasteiger partial charge in [0.2, 0.25) is 0 Å². The van der Waals surface area contributed by atoms with Gasteiger partial charge in [0.15, 0.2) is 0 Å². The van der Waals surface area contributed by atoms with Gasteiger partial charge in [-0.05, 0) is 31.4 Å². The molecule has 0 bridgehead atoms. The molecule has 0 saturated carbocycles. The van der Waals surface area contributed by atoms with E-state index in [1.54, 1.807) is 13.8 Å². The predicted molar refractivity (Wildman–Crippen MR) is 64.9 cm³/mol. The normalized spacial score (nSPS) is 11.1. The average Bonchev–Trinajstić information content (AvgIpc) is 2.25. The molecule has 4 N–H and O–H groups in total. The van der Waals surface area contributed by atoms with Crippen LogP contribution in [0.25, 0.3) is 0 Å². The number of aliphatic hydroxyl groups is 1. The van der Waals surface area contributed by atoms with E-state index in [9.17, 15) is 9.90 Å². The summed E-state index contributed by atoms with van der Waals surface area (Å²) in [6.07, 6.45) is 0. The Morgan fingerprint density at radius 1 is 1.29 bits per heavy atom. The van der Waals surface area contributed by atoms with Gasteiger partial charge in [-0.3, -0.25) is 4.79 Å². The number of nitrogens with one attached hydrogen (secondary N) is 1. The van der Waals surface area contributed by atoms with Crippen LogP contribution in [-0.4, -0.2) is 40.3 Å². The zero-order chi connectivity index (χ0) is 13.1. The van der Waals surface area contributed by atoms with Gasteiger partial charge >= 0.3 is 7.12 Å². The number of hydrogen-bond donors (Lipinski definition) is 4. The average molecular weight is 237 g/mol. The number of hydrogen-bond acceptors (Lipinski definition) is 4. The van der Waals surface area contributed by atoms with E-state index < -0.39 is 12.7 Å². The lowest BCUT2D eigenvalue weighted by molar-refractivity contribution is 0.0694. The topological polar surface area (TPSA) is 89.8 Å². The third-order valence-corrected chi connectivity index (χ3v) is 2.15. The first-order chi connectivity index (χ1) is 7.79. The Morgan fingerprint density at radius 2 is 1.82 bits per heavy atom. The van der Waals surface area contributed by atoms with Gasteiger partial charge in [-0.25, -0.2) is 0 Å². The van der Waals surface area contributed by atoms with Crippen molar-refractivity contribution in [2.24, 2.45) is 0 Å². The molecule has 1 aromatic carbocycles. The minimum atomic E-state index is -1.54. The van der Waals surface area contributed by atoms with Crippen molar-refractivity contribution >= 4 is 18.5 Å². The molecule has 0 saturated heterocycles. The maximum atomic E-state index is 11.6. The van der Waals surface area contributed by atoms with Crippen LogP contribution < -0.4 is 10.8 Å². The van der Waals surface area contributed by atoms with Crippen LogP contribution in [0.15, 0.2) is 24.3 Å². The van der Waals surface area contributed by atoms with Crippen molar-refractivity contribution in [1.82, 2.24) is 5.32 Å². The van der Waals surface area contributed by atoms with Crippen LogP contribution in [0.1, 0.15) is 24.2 Å². The number of rotatable bonds is 4. The first kappa shape index (κ1) is 13.7. The summed E-state index contributed by atoms with van der Waals surface area (Å²) in [6.45, 7) is 3.34. The van der Waals surface area contributed by atoms with E-state index >= 15 is 0 Å². The molecular weight excluding hydrogens is 221 g/mol. The van der Waals surface area contributed by atoms with Crippen molar-refractivity contribution in [3.8, 4) is 0 Å². The minimum Gasteiger partial charge on any atom is -0.423 e. The molecule has 1 amide bonds. The molecule has 5 nitrogen and oxygen atoms in total. The zero-order valence-electron chi connectivity index (χ0n) is 9.84. The molecule has 0 aliphatic heterocycles. The highest BCUT2D eigenvalue weighted by Crippen LogP contribution is 2.01. The molecule has 92 valence electrons. The lowest BCUT2D eigenvalue weighted by Crippen LogP contribution is -2.38. The quantitative estimate of drug-likeness (QED) is 0.499. The largest absolute Gasteiger partial charge is 0.488 e. The molecule has 0 aliphatic rings. The maximum Gasteiger partial charge on any atom is 0.488 e. The predicted octanol–water partition coefficient (Wildman–Crippen LogP) is -1.13. The fraction of sp³-hybridized carbons (Fsp3) is 0.364. The molecule has 6 heteroatoms. The summed E-state index contributed by atoms with van der Waals surface area (Å²) in [5, 5.41) is 29.8. The first-order valence-electron chi connectivity index (χ1n) is 5.26. The van der Waals surface area contributed by atoms with E-state index in [0.717, 1.165) is 0 Å². The second-order valence-electron chi connectivity index (χ2n) is 4.49. The first-order valence-corrected chi connectivity index (χ1v) is 5.26. The number of carbonyl (C=O) groups is 1. The monoisotopic (exact) mass is 237 g/mol. The molecule has 0 fully saturated rings. The SMILES string of the molecule is CC(C)(O)CNC(=O)c1ccc(B(O)O)cc1. The molecular formula is C11H16BNO4. The molecule has 0 aliphatic carbocycles. The molecule has 0 heterocycles. The van der Waals surface area contributed by atoms with Crippen LogP contribution >= 0.6 is 0 Å². The Bertz CT molecular complexity index is 383. The molecule has 17 heavy (non-hydrogen) atoms. The van der Waals surface area contributed by atoms with Crippen LogP contribution in [-0.2, 0) is 0 Å². The van der Waals surface area contributed by atoms with Gasteiger partial charge in [-0.2, -0.15) is 0 Å². The maximum absolute atomic E-state index is 11.6. The van der Waals surface area contributed by atoms with Gasteiger partial charge in [0, 0.05) is 12.1 Å². The Hall–Kier alpha value is -1.37. The van der Waals surface area contributed by atoms with Crippen molar-refractivity contribution in [3.05, 3.63) is 29.8 Å². The molecule has 1 aromatic rings. The van der Waals surface area contributed by atoms with Crippen molar-refractivity contribution in [3.63, 3.8) is 0 Å². The van der Waals surface area contributed by atoms with Gasteiger partial charge in [-0.15, -0.1) is 0 Å². The molecule has 0 aromatic heterocycles. The second kappa shape index (κ2) is 5.31. The summed E-state index contributed by atoms with van der Waals surface area (Å²) >= 11 is 0. The summed E-state index contributed by atoms with van der Waals surface area (Å²) in [5.74, 6) is -0.314. The van der Waals surface area contributed by atoms with Gasteiger partial charge < -0.3 is 20.5 Å². The van der Waals surface area contributed by atoms with Crippen LogP contribution in [0.4, 0.5) is 0 Å². The van der Waals surface area contributed by atoms with Gasteiger partial charge in [-0.1, -0.05) is 12.1 Å². The van der Waals surface area contributed by atoms with E-state index in [0.29, 0.717) is 11.0 Å². The van der Waals surface area contributed by atoms with Gasteiger partial charge in [0.1, 0.15) is 0 Å². The minimum absolute atomic E-state index is 0.149. The Morgan fingerprint density at radius 3 is 2.24 bits per heavy atom. The fourth-order valence-corrected chi connectivity index (χ4v) is 1.21. The molecule has 0 unspecified atom stereocenters. The van der Waals surface area contributed by atoms with Crippen molar-refractivity contribution < 1.29 is 19.9 Å². The third kappa shape index (κ3) is 4.56. The summed E-state index contributed by atoms with van der Waals surface area (Å²) in [7, 11) is -1.54. The van der Waals surface area contributed by atoms with Crippen LogP contribution in [0.3, 0.4) is 0 Å².